The lowest BCUT2D eigenvalue weighted by Gasteiger charge is -2.25. The first-order valence-electron chi connectivity index (χ1n) is 4.67. The number of hydrogen-bond donors (Lipinski definition) is 3. The number of anilines is 2. The molecule has 0 spiro atoms. The van der Waals surface area contributed by atoms with Crippen LogP contribution in [0.5, 0.6) is 0 Å². The van der Waals surface area contributed by atoms with Crippen molar-refractivity contribution in [2.45, 2.75) is 19.4 Å². The van der Waals surface area contributed by atoms with Gasteiger partial charge >= 0.3 is 0 Å². The molecule has 0 aromatic heterocycles. The predicted molar refractivity (Wildman–Crippen MR) is 60.4 cm³/mol. The first kappa shape index (κ1) is 11.3. The summed E-state index contributed by atoms with van der Waals surface area (Å²) >= 11 is 0. The van der Waals surface area contributed by atoms with Crippen molar-refractivity contribution in [3.8, 4) is 6.07 Å². The molecule has 0 unspecified atom stereocenters. The van der Waals surface area contributed by atoms with Gasteiger partial charge in [-0.1, -0.05) is 0 Å². The van der Waals surface area contributed by atoms with Crippen LogP contribution in [0, 0.1) is 11.3 Å². The minimum atomic E-state index is -0.428. The molecule has 0 heterocycles. The van der Waals surface area contributed by atoms with Crippen molar-refractivity contribution in [1.82, 2.24) is 0 Å². The Balaban J connectivity index is 2.93. The maximum Gasteiger partial charge on any atom is 0.0992 e. The van der Waals surface area contributed by atoms with Gasteiger partial charge in [0.25, 0.3) is 0 Å². The standard InChI is InChI=1S/C11H15N3O/c1-11(2,7-15)14-10-4-3-8(6-12)5-9(10)13/h3-5,14-15H,7,13H2,1-2H3. The molecule has 1 aromatic rings. The van der Waals surface area contributed by atoms with Gasteiger partial charge in [-0.05, 0) is 32.0 Å². The number of hydrogen-bond acceptors (Lipinski definition) is 4. The van der Waals surface area contributed by atoms with E-state index in [1.54, 1.807) is 18.2 Å². The minimum absolute atomic E-state index is 0.00639. The average molecular weight is 205 g/mol. The summed E-state index contributed by atoms with van der Waals surface area (Å²) in [5.41, 5.74) is 7.10. The predicted octanol–water partition coefficient (Wildman–Crippen LogP) is 1.32. The van der Waals surface area contributed by atoms with Crippen LogP contribution in [0.15, 0.2) is 18.2 Å². The van der Waals surface area contributed by atoms with Crippen molar-refractivity contribution in [1.29, 1.82) is 5.26 Å². The van der Waals surface area contributed by atoms with Crippen LogP contribution in [0.25, 0.3) is 0 Å². The van der Waals surface area contributed by atoms with E-state index in [-0.39, 0.29) is 6.61 Å². The van der Waals surface area contributed by atoms with Crippen LogP contribution in [0.1, 0.15) is 19.4 Å². The molecule has 15 heavy (non-hydrogen) atoms. The number of rotatable bonds is 3. The lowest BCUT2D eigenvalue weighted by atomic mass is 10.1. The number of nitriles is 1. The Bertz CT molecular complexity index is 393. The highest BCUT2D eigenvalue weighted by molar-refractivity contribution is 5.68. The molecular formula is C11H15N3O. The van der Waals surface area contributed by atoms with Crippen LogP contribution >= 0.6 is 0 Å². The van der Waals surface area contributed by atoms with Crippen LogP contribution in [-0.2, 0) is 0 Å². The number of nitrogen functional groups attached to an aromatic ring is 1. The third-order valence-electron chi connectivity index (χ3n) is 2.05. The topological polar surface area (TPSA) is 82.1 Å². The fraction of sp³-hybridized carbons (Fsp3) is 0.364. The van der Waals surface area contributed by atoms with Gasteiger partial charge in [0.1, 0.15) is 0 Å². The van der Waals surface area contributed by atoms with Gasteiger partial charge in [-0.15, -0.1) is 0 Å². The molecule has 4 nitrogen and oxygen atoms in total. The minimum Gasteiger partial charge on any atom is -0.397 e. The van der Waals surface area contributed by atoms with E-state index in [1.807, 2.05) is 19.9 Å². The third-order valence-corrected chi connectivity index (χ3v) is 2.05. The average Bonchev–Trinajstić information content (AvgIpc) is 2.21. The van der Waals surface area contributed by atoms with E-state index in [0.717, 1.165) is 5.69 Å². The van der Waals surface area contributed by atoms with E-state index in [0.29, 0.717) is 11.3 Å². The molecule has 0 aliphatic heterocycles. The van der Waals surface area contributed by atoms with Gasteiger partial charge in [0, 0.05) is 0 Å². The smallest absolute Gasteiger partial charge is 0.0992 e. The molecule has 1 aromatic carbocycles. The molecule has 0 saturated heterocycles. The summed E-state index contributed by atoms with van der Waals surface area (Å²) in [5, 5.41) is 20.9. The second-order valence-electron chi connectivity index (χ2n) is 4.08. The molecule has 0 aliphatic rings. The van der Waals surface area contributed by atoms with Gasteiger partial charge in [-0.2, -0.15) is 5.26 Å². The zero-order valence-electron chi connectivity index (χ0n) is 8.91. The summed E-state index contributed by atoms with van der Waals surface area (Å²) in [4.78, 5) is 0. The molecule has 0 fully saturated rings. The fourth-order valence-corrected chi connectivity index (χ4v) is 1.15. The summed E-state index contributed by atoms with van der Waals surface area (Å²) in [6.45, 7) is 3.74. The lowest BCUT2D eigenvalue weighted by molar-refractivity contribution is 0.234. The van der Waals surface area contributed by atoms with Gasteiger partial charge < -0.3 is 16.2 Å². The highest BCUT2D eigenvalue weighted by Crippen LogP contribution is 2.23. The molecule has 0 atom stereocenters. The number of benzene rings is 1. The molecule has 0 radical (unpaired) electrons. The summed E-state index contributed by atoms with van der Waals surface area (Å²) in [6.07, 6.45) is 0. The second-order valence-corrected chi connectivity index (χ2v) is 4.08. The van der Waals surface area contributed by atoms with Gasteiger partial charge in [0.05, 0.1) is 35.2 Å². The molecule has 0 bridgehead atoms. The maximum absolute atomic E-state index is 9.09. The maximum atomic E-state index is 9.09. The van der Waals surface area contributed by atoms with E-state index in [1.165, 1.54) is 0 Å². The van der Waals surface area contributed by atoms with Gasteiger partial charge in [0.2, 0.25) is 0 Å². The van der Waals surface area contributed by atoms with E-state index in [9.17, 15) is 0 Å². The number of aliphatic hydroxyl groups is 1. The Morgan fingerprint density at radius 1 is 1.53 bits per heavy atom. The van der Waals surface area contributed by atoms with Crippen molar-refractivity contribution in [3.05, 3.63) is 23.8 Å². The Kier molecular flexibility index (Phi) is 3.17. The summed E-state index contributed by atoms with van der Waals surface area (Å²) in [5.74, 6) is 0. The van der Waals surface area contributed by atoms with Crippen LogP contribution in [0.3, 0.4) is 0 Å². The molecule has 1 rings (SSSR count). The first-order valence-corrected chi connectivity index (χ1v) is 4.67. The summed E-state index contributed by atoms with van der Waals surface area (Å²) in [6, 6.07) is 7.05. The van der Waals surface area contributed by atoms with E-state index >= 15 is 0 Å². The van der Waals surface area contributed by atoms with E-state index in [2.05, 4.69) is 5.32 Å². The Hall–Kier alpha value is -1.73. The molecule has 4 heteroatoms. The van der Waals surface area contributed by atoms with E-state index < -0.39 is 5.54 Å². The lowest BCUT2D eigenvalue weighted by Crippen LogP contribution is -2.35. The third kappa shape index (κ3) is 2.86. The highest BCUT2D eigenvalue weighted by Gasteiger charge is 2.16. The quantitative estimate of drug-likeness (QED) is 0.650. The Labute approximate surface area is 89.3 Å². The summed E-state index contributed by atoms with van der Waals surface area (Å²) < 4.78 is 0. The number of nitrogens with one attached hydrogen (secondary N) is 1. The summed E-state index contributed by atoms with van der Waals surface area (Å²) in [7, 11) is 0. The van der Waals surface area contributed by atoms with Crippen LogP contribution < -0.4 is 11.1 Å². The zero-order valence-corrected chi connectivity index (χ0v) is 8.91. The SMILES string of the molecule is CC(C)(CO)Nc1ccc(C#N)cc1N. The molecule has 0 aliphatic carbocycles. The fourth-order valence-electron chi connectivity index (χ4n) is 1.15. The zero-order chi connectivity index (χ0) is 11.5. The van der Waals surface area contributed by atoms with Crippen molar-refractivity contribution < 1.29 is 5.11 Å². The second kappa shape index (κ2) is 4.20. The number of nitrogens with two attached hydrogens (primary N) is 1. The normalized spacial score (nSPS) is 10.8. The van der Waals surface area contributed by atoms with Crippen molar-refractivity contribution >= 4 is 11.4 Å². The van der Waals surface area contributed by atoms with Crippen molar-refractivity contribution in [2.75, 3.05) is 17.7 Å². The van der Waals surface area contributed by atoms with Gasteiger partial charge in [0.15, 0.2) is 0 Å². The van der Waals surface area contributed by atoms with Crippen LogP contribution in [0.2, 0.25) is 0 Å². The number of aliphatic hydroxyl groups excluding tert-OH is 1. The van der Waals surface area contributed by atoms with Crippen LogP contribution in [0.4, 0.5) is 11.4 Å². The molecule has 80 valence electrons. The molecular weight excluding hydrogens is 190 g/mol. The molecule has 0 amide bonds. The number of nitrogens with zero attached hydrogens (tertiary/aromatic N) is 1. The molecule has 4 N–H and O–H groups in total. The first-order chi connectivity index (χ1) is 6.98. The van der Waals surface area contributed by atoms with Gasteiger partial charge in [-0.3, -0.25) is 0 Å². The monoisotopic (exact) mass is 205 g/mol. The van der Waals surface area contributed by atoms with E-state index in [4.69, 9.17) is 16.1 Å². The largest absolute Gasteiger partial charge is 0.397 e. The van der Waals surface area contributed by atoms with Gasteiger partial charge in [-0.25, -0.2) is 0 Å². The van der Waals surface area contributed by atoms with Crippen LogP contribution in [-0.4, -0.2) is 17.3 Å². The Morgan fingerprint density at radius 2 is 2.20 bits per heavy atom. The van der Waals surface area contributed by atoms with Crippen molar-refractivity contribution in [2.24, 2.45) is 0 Å². The highest BCUT2D eigenvalue weighted by atomic mass is 16.3. The van der Waals surface area contributed by atoms with Crippen molar-refractivity contribution in [3.63, 3.8) is 0 Å². The molecule has 0 saturated carbocycles. The Morgan fingerprint density at radius 3 is 2.67 bits per heavy atom.